The second-order valence-corrected chi connectivity index (χ2v) is 19.5. The largest absolute Gasteiger partial charge is 0.462 e. The van der Waals surface area contributed by atoms with Crippen molar-refractivity contribution < 1.29 is 28.6 Å². The predicted molar refractivity (Wildman–Crippen MR) is 298 cm³/mol. The van der Waals surface area contributed by atoms with Gasteiger partial charge in [0.1, 0.15) is 13.2 Å². The van der Waals surface area contributed by atoms with Gasteiger partial charge in [-0.25, -0.2) is 0 Å². The fraction of sp³-hybridized carbons (Fsp3) is 0.762. The molecule has 0 N–H and O–H groups in total. The van der Waals surface area contributed by atoms with Crippen LogP contribution in [-0.2, 0) is 28.6 Å². The summed E-state index contributed by atoms with van der Waals surface area (Å²) in [5.74, 6) is -0.873. The number of hydrogen-bond donors (Lipinski definition) is 0. The average Bonchev–Trinajstić information content (AvgIpc) is 3.35. The maximum absolute atomic E-state index is 12.7. The molecule has 398 valence electrons. The molecular weight excluding hydrogens is 853 g/mol. The lowest BCUT2D eigenvalue weighted by Crippen LogP contribution is -2.30. The van der Waals surface area contributed by atoms with Gasteiger partial charge in [-0.2, -0.15) is 0 Å². The molecule has 0 aromatic heterocycles. The van der Waals surface area contributed by atoms with E-state index in [2.05, 4.69) is 93.7 Å². The molecule has 0 heterocycles. The molecule has 69 heavy (non-hydrogen) atoms. The Morgan fingerprint density at radius 1 is 0.304 bits per heavy atom. The van der Waals surface area contributed by atoms with E-state index in [1.165, 1.54) is 154 Å². The fourth-order valence-electron chi connectivity index (χ4n) is 8.33. The number of carbonyl (C=O) groups excluding carboxylic acids is 3. The summed E-state index contributed by atoms with van der Waals surface area (Å²) in [6.45, 7) is 6.46. The molecule has 1 atom stereocenters. The third kappa shape index (κ3) is 55.6. The maximum Gasteiger partial charge on any atom is 0.306 e. The lowest BCUT2D eigenvalue weighted by Gasteiger charge is -2.18. The first-order valence-corrected chi connectivity index (χ1v) is 29.4. The van der Waals surface area contributed by atoms with Crippen LogP contribution in [0.5, 0.6) is 0 Å². The van der Waals surface area contributed by atoms with Gasteiger partial charge in [-0.3, -0.25) is 14.4 Å². The van der Waals surface area contributed by atoms with Gasteiger partial charge in [0.2, 0.25) is 0 Å². The van der Waals surface area contributed by atoms with Crippen molar-refractivity contribution in [3.05, 3.63) is 72.9 Å². The molecule has 0 radical (unpaired) electrons. The van der Waals surface area contributed by atoms with Crippen molar-refractivity contribution in [2.75, 3.05) is 13.2 Å². The minimum Gasteiger partial charge on any atom is -0.462 e. The molecule has 0 fully saturated rings. The minimum atomic E-state index is -0.765. The molecule has 6 heteroatoms. The summed E-state index contributed by atoms with van der Waals surface area (Å²) in [6, 6.07) is 0. The van der Waals surface area contributed by atoms with Crippen LogP contribution in [0.2, 0.25) is 0 Å². The van der Waals surface area contributed by atoms with E-state index in [1.807, 2.05) is 0 Å². The van der Waals surface area contributed by atoms with Gasteiger partial charge in [-0.05, 0) is 70.6 Å². The van der Waals surface area contributed by atoms with Crippen LogP contribution < -0.4 is 0 Å². The van der Waals surface area contributed by atoms with E-state index in [4.69, 9.17) is 14.2 Å². The zero-order chi connectivity index (χ0) is 50.0. The van der Waals surface area contributed by atoms with Crippen LogP contribution in [-0.4, -0.2) is 37.2 Å². The molecule has 0 rings (SSSR count). The number of allylic oxidation sites excluding steroid dienone is 12. The van der Waals surface area contributed by atoms with Gasteiger partial charge in [0.15, 0.2) is 6.10 Å². The standard InChI is InChI=1S/C63H110O6/c1-4-7-10-13-16-18-20-21-22-23-24-25-26-27-28-29-30-31-32-33-34-35-36-37-38-39-40-41-42-43-44-46-47-50-53-56-62(65)68-59-60(58-67-61(64)55-52-49-15-12-9-6-3)69-63(66)57-54-51-48-45-19-17-14-11-8-5-2/h7,10,16,18,21-22,24-25,27-28,30-31,60H,4-6,8-9,11-15,17,19-20,23,26,29,32-59H2,1-3H3/b10-7-,18-16-,22-21-,25-24-,28-27-,31-30-. The molecule has 0 aliphatic heterocycles. The second kappa shape index (κ2) is 57.4. The number of esters is 3. The summed E-state index contributed by atoms with van der Waals surface area (Å²) in [5.41, 5.74) is 0. The quantitative estimate of drug-likeness (QED) is 0.0262. The van der Waals surface area contributed by atoms with Crippen LogP contribution in [0.1, 0.15) is 290 Å². The van der Waals surface area contributed by atoms with Crippen molar-refractivity contribution in [2.45, 2.75) is 297 Å². The Kier molecular flexibility index (Phi) is 54.8. The van der Waals surface area contributed by atoms with Crippen LogP contribution in [0.15, 0.2) is 72.9 Å². The topological polar surface area (TPSA) is 78.9 Å². The van der Waals surface area contributed by atoms with Crippen LogP contribution in [0, 0.1) is 0 Å². The zero-order valence-electron chi connectivity index (χ0n) is 45.6. The Labute approximate surface area is 427 Å². The van der Waals surface area contributed by atoms with E-state index in [9.17, 15) is 14.4 Å². The van der Waals surface area contributed by atoms with Gasteiger partial charge < -0.3 is 14.2 Å². The van der Waals surface area contributed by atoms with Crippen molar-refractivity contribution in [3.8, 4) is 0 Å². The van der Waals surface area contributed by atoms with Crippen LogP contribution in [0.25, 0.3) is 0 Å². The van der Waals surface area contributed by atoms with Crippen molar-refractivity contribution in [1.29, 1.82) is 0 Å². The highest BCUT2D eigenvalue weighted by Crippen LogP contribution is 2.16. The van der Waals surface area contributed by atoms with E-state index in [0.717, 1.165) is 96.3 Å². The van der Waals surface area contributed by atoms with E-state index >= 15 is 0 Å². The van der Waals surface area contributed by atoms with Gasteiger partial charge >= 0.3 is 17.9 Å². The molecule has 0 saturated carbocycles. The minimum absolute atomic E-state index is 0.0702. The molecule has 0 saturated heterocycles. The Hall–Kier alpha value is -3.15. The molecule has 0 spiro atoms. The summed E-state index contributed by atoms with van der Waals surface area (Å²) in [4.78, 5) is 37.7. The summed E-state index contributed by atoms with van der Waals surface area (Å²) >= 11 is 0. The number of hydrogen-bond acceptors (Lipinski definition) is 6. The van der Waals surface area contributed by atoms with Crippen LogP contribution in [0.4, 0.5) is 0 Å². The fourth-order valence-corrected chi connectivity index (χ4v) is 8.33. The lowest BCUT2D eigenvalue weighted by molar-refractivity contribution is -0.167. The zero-order valence-corrected chi connectivity index (χ0v) is 45.6. The Morgan fingerprint density at radius 3 is 0.884 bits per heavy atom. The monoisotopic (exact) mass is 963 g/mol. The maximum atomic E-state index is 12.7. The van der Waals surface area contributed by atoms with E-state index in [0.29, 0.717) is 19.3 Å². The number of carbonyl (C=O) groups is 3. The Balaban J connectivity index is 3.89. The highest BCUT2D eigenvalue weighted by atomic mass is 16.6. The van der Waals surface area contributed by atoms with Crippen LogP contribution >= 0.6 is 0 Å². The second-order valence-electron chi connectivity index (χ2n) is 19.5. The lowest BCUT2D eigenvalue weighted by atomic mass is 10.0. The van der Waals surface area contributed by atoms with Crippen molar-refractivity contribution >= 4 is 17.9 Å². The number of rotatable bonds is 53. The first-order chi connectivity index (χ1) is 34.0. The third-order valence-corrected chi connectivity index (χ3v) is 12.7. The van der Waals surface area contributed by atoms with Gasteiger partial charge in [-0.15, -0.1) is 0 Å². The first-order valence-electron chi connectivity index (χ1n) is 29.4. The number of unbranched alkanes of at least 4 members (excludes halogenated alkanes) is 30. The van der Waals surface area contributed by atoms with E-state index < -0.39 is 6.10 Å². The van der Waals surface area contributed by atoms with Crippen LogP contribution in [0.3, 0.4) is 0 Å². The SMILES string of the molecule is CC/C=C\C/C=C\C/C=C\C/C=C\C/C=C\C/C=C\CCCCCCCCCCCCCCCCCCC(=O)OCC(COC(=O)CCCCCCCC)OC(=O)CCCCCCCCCCCC. The molecule has 0 aromatic rings. The Bertz CT molecular complexity index is 1290. The molecule has 6 nitrogen and oxygen atoms in total. The average molecular weight is 964 g/mol. The normalized spacial score (nSPS) is 12.6. The highest BCUT2D eigenvalue weighted by molar-refractivity contribution is 5.71. The third-order valence-electron chi connectivity index (χ3n) is 12.7. The molecular formula is C63H110O6. The van der Waals surface area contributed by atoms with E-state index in [1.54, 1.807) is 0 Å². The van der Waals surface area contributed by atoms with Crippen molar-refractivity contribution in [3.63, 3.8) is 0 Å². The van der Waals surface area contributed by atoms with Gasteiger partial charge in [-0.1, -0.05) is 273 Å². The molecule has 1 unspecified atom stereocenters. The predicted octanol–water partition coefficient (Wildman–Crippen LogP) is 19.8. The molecule has 0 aliphatic carbocycles. The summed E-state index contributed by atoms with van der Waals surface area (Å²) in [6.07, 6.45) is 73.8. The molecule has 0 amide bonds. The van der Waals surface area contributed by atoms with Gasteiger partial charge in [0, 0.05) is 19.3 Å². The molecule has 0 aromatic carbocycles. The summed E-state index contributed by atoms with van der Waals surface area (Å²) in [5, 5.41) is 0. The van der Waals surface area contributed by atoms with Gasteiger partial charge in [0.25, 0.3) is 0 Å². The smallest absolute Gasteiger partial charge is 0.306 e. The molecule has 0 aliphatic rings. The van der Waals surface area contributed by atoms with Gasteiger partial charge in [0.05, 0.1) is 0 Å². The summed E-state index contributed by atoms with van der Waals surface area (Å²) in [7, 11) is 0. The number of ether oxygens (including phenoxy) is 3. The first kappa shape index (κ1) is 65.8. The van der Waals surface area contributed by atoms with E-state index in [-0.39, 0.29) is 31.1 Å². The highest BCUT2D eigenvalue weighted by Gasteiger charge is 2.19. The Morgan fingerprint density at radius 2 is 0.565 bits per heavy atom. The van der Waals surface area contributed by atoms with Crippen molar-refractivity contribution in [1.82, 2.24) is 0 Å². The molecule has 0 bridgehead atoms. The summed E-state index contributed by atoms with van der Waals surface area (Å²) < 4.78 is 16.7. The van der Waals surface area contributed by atoms with Crippen molar-refractivity contribution in [2.24, 2.45) is 0 Å².